The second-order valence-electron chi connectivity index (χ2n) is 4.18. The summed E-state index contributed by atoms with van der Waals surface area (Å²) in [5, 5.41) is 0. The predicted molar refractivity (Wildman–Crippen MR) is 65.4 cm³/mol. The van der Waals surface area contributed by atoms with E-state index < -0.39 is 35.7 Å². The first-order valence-electron chi connectivity index (χ1n) is 5.84. The van der Waals surface area contributed by atoms with Gasteiger partial charge in [-0.05, 0) is 6.07 Å². The minimum absolute atomic E-state index is 0.0396. The van der Waals surface area contributed by atoms with Crippen LogP contribution >= 0.6 is 0 Å². The molecule has 0 saturated carbocycles. The molecule has 0 radical (unpaired) electrons. The van der Waals surface area contributed by atoms with Crippen LogP contribution in [0.5, 0.6) is 5.75 Å². The Morgan fingerprint density at radius 1 is 0.952 bits per heavy atom. The van der Waals surface area contributed by atoms with E-state index in [1.807, 2.05) is 0 Å². The summed E-state index contributed by atoms with van der Waals surface area (Å²) in [4.78, 5) is 0. The van der Waals surface area contributed by atoms with Gasteiger partial charge in [-0.25, -0.2) is 13.2 Å². The molecule has 0 aliphatic carbocycles. The van der Waals surface area contributed by atoms with Crippen molar-refractivity contribution in [2.24, 2.45) is 5.73 Å². The Hall–Kier alpha value is -2.15. The lowest BCUT2D eigenvalue weighted by Crippen LogP contribution is -2.18. The summed E-state index contributed by atoms with van der Waals surface area (Å²) in [6.45, 7) is -3.11. The lowest BCUT2D eigenvalue weighted by atomic mass is 9.97. The highest BCUT2D eigenvalue weighted by molar-refractivity contribution is 5.42. The van der Waals surface area contributed by atoms with E-state index in [9.17, 15) is 22.0 Å². The van der Waals surface area contributed by atoms with Crippen molar-refractivity contribution in [3.05, 3.63) is 65.0 Å². The Bertz CT molecular complexity index is 624. The molecule has 0 aromatic heterocycles. The van der Waals surface area contributed by atoms with Gasteiger partial charge in [0.1, 0.15) is 23.2 Å². The summed E-state index contributed by atoms with van der Waals surface area (Å²) < 4.78 is 69.2. The first-order chi connectivity index (χ1) is 9.90. The zero-order valence-corrected chi connectivity index (χ0v) is 10.5. The Balaban J connectivity index is 2.48. The Morgan fingerprint density at radius 2 is 1.52 bits per heavy atom. The molecule has 2 rings (SSSR count). The number of hydrogen-bond acceptors (Lipinski definition) is 2. The van der Waals surface area contributed by atoms with Crippen molar-refractivity contribution in [2.75, 3.05) is 0 Å². The monoisotopic (exact) mass is 303 g/mol. The van der Waals surface area contributed by atoms with Crippen LogP contribution in [0.1, 0.15) is 17.2 Å². The van der Waals surface area contributed by atoms with Gasteiger partial charge in [0.15, 0.2) is 0 Å². The molecule has 0 aliphatic rings. The summed E-state index contributed by atoms with van der Waals surface area (Å²) in [6, 6.07) is 4.87. The molecule has 0 fully saturated rings. The fraction of sp³-hybridized carbons (Fsp3) is 0.143. The van der Waals surface area contributed by atoms with Gasteiger partial charge in [-0.1, -0.05) is 18.2 Å². The average molecular weight is 303 g/mol. The number of hydrogen-bond donors (Lipinski definition) is 1. The molecule has 0 saturated heterocycles. The molecule has 0 amide bonds. The molecule has 2 nitrogen and oxygen atoms in total. The maximum atomic E-state index is 13.7. The van der Waals surface area contributed by atoms with E-state index in [-0.39, 0.29) is 11.3 Å². The topological polar surface area (TPSA) is 35.2 Å². The molecule has 0 bridgehead atoms. The third-order valence-electron chi connectivity index (χ3n) is 2.82. The maximum Gasteiger partial charge on any atom is 0.387 e. The van der Waals surface area contributed by atoms with Crippen LogP contribution < -0.4 is 10.5 Å². The van der Waals surface area contributed by atoms with Gasteiger partial charge in [0.25, 0.3) is 0 Å². The number of alkyl halides is 2. The van der Waals surface area contributed by atoms with Crippen molar-refractivity contribution in [3.63, 3.8) is 0 Å². The van der Waals surface area contributed by atoms with Gasteiger partial charge in [0.2, 0.25) is 0 Å². The third-order valence-corrected chi connectivity index (χ3v) is 2.82. The number of halogens is 5. The molecular formula is C14H10F5NO. The number of benzene rings is 2. The smallest absolute Gasteiger partial charge is 0.387 e. The molecule has 21 heavy (non-hydrogen) atoms. The van der Waals surface area contributed by atoms with Crippen LogP contribution in [0.15, 0.2) is 36.4 Å². The lowest BCUT2D eigenvalue weighted by molar-refractivity contribution is -0.0505. The highest BCUT2D eigenvalue weighted by atomic mass is 19.3. The highest BCUT2D eigenvalue weighted by Gasteiger charge is 2.23. The number of nitrogens with two attached hydrogens (primary N) is 1. The summed E-state index contributed by atoms with van der Waals surface area (Å²) in [5.74, 6) is -3.81. The zero-order valence-electron chi connectivity index (χ0n) is 10.5. The molecule has 0 aliphatic heterocycles. The quantitative estimate of drug-likeness (QED) is 0.873. The number of rotatable bonds is 4. The predicted octanol–water partition coefficient (Wildman–Crippen LogP) is 3.75. The van der Waals surface area contributed by atoms with Crippen LogP contribution in [-0.2, 0) is 0 Å². The fourth-order valence-corrected chi connectivity index (χ4v) is 1.95. The van der Waals surface area contributed by atoms with Crippen LogP contribution in [0.4, 0.5) is 22.0 Å². The van der Waals surface area contributed by atoms with Crippen LogP contribution in [0.3, 0.4) is 0 Å². The van der Waals surface area contributed by atoms with E-state index in [0.29, 0.717) is 12.1 Å². The normalized spacial score (nSPS) is 12.5. The summed E-state index contributed by atoms with van der Waals surface area (Å²) >= 11 is 0. The average Bonchev–Trinajstić information content (AvgIpc) is 2.37. The van der Waals surface area contributed by atoms with Crippen molar-refractivity contribution in [1.82, 2.24) is 0 Å². The van der Waals surface area contributed by atoms with Crippen LogP contribution in [0.25, 0.3) is 0 Å². The van der Waals surface area contributed by atoms with Crippen LogP contribution in [0.2, 0.25) is 0 Å². The maximum absolute atomic E-state index is 13.7. The van der Waals surface area contributed by atoms with Crippen molar-refractivity contribution in [1.29, 1.82) is 0 Å². The van der Waals surface area contributed by atoms with Crippen molar-refractivity contribution >= 4 is 0 Å². The Morgan fingerprint density at radius 3 is 2.10 bits per heavy atom. The van der Waals surface area contributed by atoms with Gasteiger partial charge in [-0.2, -0.15) is 8.78 Å². The standard InChI is InChI=1S/C14H10F5NO/c15-7-5-9(16)12(10(17)6-7)13(20)8-3-1-2-4-11(8)21-14(18)19/h1-6,13-14H,20H2. The largest absolute Gasteiger partial charge is 0.434 e. The molecule has 112 valence electrons. The molecule has 0 heterocycles. The van der Waals surface area contributed by atoms with Gasteiger partial charge < -0.3 is 10.5 Å². The van der Waals surface area contributed by atoms with Crippen molar-refractivity contribution in [3.8, 4) is 5.75 Å². The van der Waals surface area contributed by atoms with Crippen LogP contribution in [-0.4, -0.2) is 6.61 Å². The summed E-state index contributed by atoms with van der Waals surface area (Å²) in [7, 11) is 0. The summed E-state index contributed by atoms with van der Waals surface area (Å²) in [5.41, 5.74) is 5.05. The van der Waals surface area contributed by atoms with Gasteiger partial charge in [0, 0.05) is 23.3 Å². The van der Waals surface area contributed by atoms with Crippen LogP contribution in [0, 0.1) is 17.5 Å². The number of para-hydroxylation sites is 1. The number of ether oxygens (including phenoxy) is 1. The molecule has 1 atom stereocenters. The molecule has 2 N–H and O–H groups in total. The second kappa shape index (κ2) is 6.09. The van der Waals surface area contributed by atoms with Gasteiger partial charge in [-0.3, -0.25) is 0 Å². The molecule has 1 unspecified atom stereocenters. The first-order valence-corrected chi connectivity index (χ1v) is 5.84. The van der Waals surface area contributed by atoms with Crippen molar-refractivity contribution in [2.45, 2.75) is 12.7 Å². The van der Waals surface area contributed by atoms with Crippen molar-refractivity contribution < 1.29 is 26.7 Å². The van der Waals surface area contributed by atoms with E-state index >= 15 is 0 Å². The highest BCUT2D eigenvalue weighted by Crippen LogP contribution is 2.32. The van der Waals surface area contributed by atoms with E-state index in [2.05, 4.69) is 4.74 Å². The van der Waals surface area contributed by atoms with Gasteiger partial charge >= 0.3 is 6.61 Å². The third kappa shape index (κ3) is 3.30. The van der Waals surface area contributed by atoms with E-state index in [1.165, 1.54) is 24.3 Å². The fourth-order valence-electron chi connectivity index (χ4n) is 1.95. The SMILES string of the molecule is NC(c1ccccc1OC(F)F)c1c(F)cc(F)cc1F. The zero-order chi connectivity index (χ0) is 15.6. The summed E-state index contributed by atoms with van der Waals surface area (Å²) in [6.07, 6.45) is 0. The second-order valence-corrected chi connectivity index (χ2v) is 4.18. The minimum Gasteiger partial charge on any atom is -0.434 e. The molecule has 2 aromatic rings. The Kier molecular flexibility index (Phi) is 4.42. The van der Waals surface area contributed by atoms with Gasteiger partial charge in [-0.15, -0.1) is 0 Å². The van der Waals surface area contributed by atoms with E-state index in [4.69, 9.17) is 5.73 Å². The molecule has 0 spiro atoms. The van der Waals surface area contributed by atoms with E-state index in [1.54, 1.807) is 0 Å². The Labute approximate surface area is 116 Å². The first kappa shape index (κ1) is 15.2. The minimum atomic E-state index is -3.11. The van der Waals surface area contributed by atoms with Gasteiger partial charge in [0.05, 0.1) is 6.04 Å². The molecular weight excluding hydrogens is 293 g/mol. The molecule has 2 aromatic carbocycles. The lowest BCUT2D eigenvalue weighted by Gasteiger charge is -2.18. The molecule has 7 heteroatoms. The van der Waals surface area contributed by atoms with E-state index in [0.717, 1.165) is 0 Å².